The van der Waals surface area contributed by atoms with Crippen molar-refractivity contribution >= 4 is 16.8 Å². The van der Waals surface area contributed by atoms with Gasteiger partial charge in [0.15, 0.2) is 5.78 Å². The highest BCUT2D eigenvalue weighted by atomic mass is 16.5. The Balaban J connectivity index is 1.80. The normalized spacial score (nSPS) is 10.7. The molecule has 1 aromatic heterocycles. The summed E-state index contributed by atoms with van der Waals surface area (Å²) in [7, 11) is 1.60. The molecule has 0 N–H and O–H groups in total. The van der Waals surface area contributed by atoms with Crippen LogP contribution in [0.4, 0.5) is 0 Å². The maximum Gasteiger partial charge on any atom is 0.170 e. The first kappa shape index (κ1) is 12.5. The highest BCUT2D eigenvalue weighted by Crippen LogP contribution is 2.20. The molecule has 0 saturated carbocycles. The number of carbonyl (C=O) groups excluding carboxylic acids is 1. The number of benzene rings is 2. The Morgan fingerprint density at radius 3 is 2.55 bits per heavy atom. The average Bonchev–Trinajstić information content (AvgIpc) is 2.89. The summed E-state index contributed by atoms with van der Waals surface area (Å²) in [5.41, 5.74) is 1.47. The van der Waals surface area contributed by atoms with Crippen LogP contribution < -0.4 is 4.74 Å². The van der Waals surface area contributed by atoms with Crippen LogP contribution in [0.1, 0.15) is 16.1 Å². The zero-order valence-electron chi connectivity index (χ0n) is 11.1. The van der Waals surface area contributed by atoms with Crippen molar-refractivity contribution in [3.05, 3.63) is 65.9 Å². The fraction of sp³-hybridized carbons (Fsp3) is 0.118. The monoisotopic (exact) mass is 266 g/mol. The quantitative estimate of drug-likeness (QED) is 0.673. The molecule has 2 aromatic carbocycles. The van der Waals surface area contributed by atoms with Gasteiger partial charge in [-0.2, -0.15) is 0 Å². The standard InChI is InChI=1S/C17H14O3/c1-19-14-8-6-12(7-9-14)16(18)11-15-10-13-4-2-3-5-17(13)20-15/h2-10H,11H2,1H3. The van der Waals surface area contributed by atoms with Crippen LogP contribution >= 0.6 is 0 Å². The van der Waals surface area contributed by atoms with Crippen molar-refractivity contribution in [1.82, 2.24) is 0 Å². The summed E-state index contributed by atoms with van der Waals surface area (Å²) in [6, 6.07) is 16.8. The molecule has 0 radical (unpaired) electrons. The molecule has 0 amide bonds. The van der Waals surface area contributed by atoms with Crippen LogP contribution in [0.3, 0.4) is 0 Å². The van der Waals surface area contributed by atoms with Crippen LogP contribution in [-0.4, -0.2) is 12.9 Å². The van der Waals surface area contributed by atoms with Crippen molar-refractivity contribution in [3.8, 4) is 5.75 Å². The van der Waals surface area contributed by atoms with Crippen LogP contribution in [0.15, 0.2) is 59.0 Å². The molecule has 0 fully saturated rings. The second kappa shape index (κ2) is 5.21. The molecule has 0 saturated heterocycles. The van der Waals surface area contributed by atoms with E-state index >= 15 is 0 Å². The number of hydrogen-bond donors (Lipinski definition) is 0. The smallest absolute Gasteiger partial charge is 0.170 e. The number of furan rings is 1. The molecule has 100 valence electrons. The summed E-state index contributed by atoms with van der Waals surface area (Å²) >= 11 is 0. The second-order valence-electron chi connectivity index (χ2n) is 4.58. The van der Waals surface area contributed by atoms with E-state index in [2.05, 4.69) is 0 Å². The molecule has 0 aliphatic rings. The van der Waals surface area contributed by atoms with Crippen LogP contribution in [0, 0.1) is 0 Å². The summed E-state index contributed by atoms with van der Waals surface area (Å²) < 4.78 is 10.7. The number of ketones is 1. The second-order valence-corrected chi connectivity index (χ2v) is 4.58. The fourth-order valence-electron chi connectivity index (χ4n) is 2.16. The van der Waals surface area contributed by atoms with E-state index in [-0.39, 0.29) is 12.2 Å². The van der Waals surface area contributed by atoms with Gasteiger partial charge in [0, 0.05) is 10.9 Å². The van der Waals surface area contributed by atoms with Gasteiger partial charge >= 0.3 is 0 Å². The van der Waals surface area contributed by atoms with Crippen molar-refractivity contribution in [2.75, 3.05) is 7.11 Å². The van der Waals surface area contributed by atoms with E-state index in [0.717, 1.165) is 16.7 Å². The zero-order valence-corrected chi connectivity index (χ0v) is 11.1. The van der Waals surface area contributed by atoms with E-state index < -0.39 is 0 Å². The summed E-state index contributed by atoms with van der Waals surface area (Å²) in [4.78, 5) is 12.2. The molecule has 3 heteroatoms. The molecule has 1 heterocycles. The van der Waals surface area contributed by atoms with Crippen molar-refractivity contribution in [2.45, 2.75) is 6.42 Å². The van der Waals surface area contributed by atoms with Crippen LogP contribution in [0.25, 0.3) is 11.0 Å². The summed E-state index contributed by atoms with van der Waals surface area (Å²) in [5, 5.41) is 1.02. The van der Waals surface area contributed by atoms with E-state index in [1.807, 2.05) is 30.3 Å². The van der Waals surface area contributed by atoms with E-state index in [4.69, 9.17) is 9.15 Å². The molecule has 3 rings (SSSR count). The van der Waals surface area contributed by atoms with Gasteiger partial charge in [-0.3, -0.25) is 4.79 Å². The number of fused-ring (bicyclic) bond motifs is 1. The van der Waals surface area contributed by atoms with Gasteiger partial charge in [0.05, 0.1) is 13.5 Å². The largest absolute Gasteiger partial charge is 0.497 e. The molecule has 0 aliphatic carbocycles. The third kappa shape index (κ3) is 2.43. The Morgan fingerprint density at radius 2 is 1.85 bits per heavy atom. The lowest BCUT2D eigenvalue weighted by molar-refractivity contribution is 0.0987. The minimum Gasteiger partial charge on any atom is -0.497 e. The Hall–Kier alpha value is -2.55. The number of ether oxygens (including phenoxy) is 1. The van der Waals surface area contributed by atoms with Gasteiger partial charge in [0.2, 0.25) is 0 Å². The number of para-hydroxylation sites is 1. The topological polar surface area (TPSA) is 39.4 Å². The zero-order chi connectivity index (χ0) is 13.9. The van der Waals surface area contributed by atoms with Gasteiger partial charge in [-0.25, -0.2) is 0 Å². The molecular formula is C17H14O3. The number of methoxy groups -OCH3 is 1. The van der Waals surface area contributed by atoms with Gasteiger partial charge in [-0.1, -0.05) is 18.2 Å². The van der Waals surface area contributed by atoms with Crippen LogP contribution in [0.5, 0.6) is 5.75 Å². The predicted octanol–water partition coefficient (Wildman–Crippen LogP) is 3.87. The maximum atomic E-state index is 12.2. The van der Waals surface area contributed by atoms with Gasteiger partial charge in [0.25, 0.3) is 0 Å². The molecule has 0 unspecified atom stereocenters. The SMILES string of the molecule is COc1ccc(C(=O)Cc2cc3ccccc3o2)cc1. The molecule has 20 heavy (non-hydrogen) atoms. The van der Waals surface area contributed by atoms with E-state index in [1.165, 1.54) is 0 Å². The summed E-state index contributed by atoms with van der Waals surface area (Å²) in [6.45, 7) is 0. The van der Waals surface area contributed by atoms with Gasteiger partial charge in [-0.15, -0.1) is 0 Å². The van der Waals surface area contributed by atoms with Gasteiger partial charge in [-0.05, 0) is 36.4 Å². The Kier molecular flexibility index (Phi) is 3.25. The number of rotatable bonds is 4. The number of hydrogen-bond acceptors (Lipinski definition) is 3. The first-order valence-electron chi connectivity index (χ1n) is 6.41. The van der Waals surface area contributed by atoms with Crippen molar-refractivity contribution in [2.24, 2.45) is 0 Å². The molecular weight excluding hydrogens is 252 g/mol. The van der Waals surface area contributed by atoms with E-state index in [0.29, 0.717) is 11.3 Å². The van der Waals surface area contributed by atoms with Crippen molar-refractivity contribution in [3.63, 3.8) is 0 Å². The highest BCUT2D eigenvalue weighted by Gasteiger charge is 2.11. The predicted molar refractivity (Wildman–Crippen MR) is 77.2 cm³/mol. The molecule has 3 nitrogen and oxygen atoms in total. The first-order chi connectivity index (χ1) is 9.76. The minimum atomic E-state index is 0.0340. The number of carbonyl (C=O) groups is 1. The van der Waals surface area contributed by atoms with Crippen molar-refractivity contribution in [1.29, 1.82) is 0 Å². The summed E-state index contributed by atoms with van der Waals surface area (Å²) in [5.74, 6) is 1.46. The third-order valence-corrected chi connectivity index (χ3v) is 3.22. The Bertz CT molecular complexity index is 705. The summed E-state index contributed by atoms with van der Waals surface area (Å²) in [6.07, 6.45) is 0.265. The average molecular weight is 266 g/mol. The molecule has 3 aromatic rings. The lowest BCUT2D eigenvalue weighted by atomic mass is 10.1. The lowest BCUT2D eigenvalue weighted by Crippen LogP contribution is -2.02. The molecule has 0 aliphatic heterocycles. The first-order valence-corrected chi connectivity index (χ1v) is 6.41. The molecule has 0 bridgehead atoms. The highest BCUT2D eigenvalue weighted by molar-refractivity contribution is 5.97. The Labute approximate surface area is 116 Å². The van der Waals surface area contributed by atoms with Gasteiger partial charge in [0.1, 0.15) is 17.1 Å². The third-order valence-electron chi connectivity index (χ3n) is 3.22. The van der Waals surface area contributed by atoms with Crippen molar-refractivity contribution < 1.29 is 13.9 Å². The fourth-order valence-corrected chi connectivity index (χ4v) is 2.16. The van der Waals surface area contributed by atoms with E-state index in [9.17, 15) is 4.79 Å². The van der Waals surface area contributed by atoms with Crippen LogP contribution in [-0.2, 0) is 6.42 Å². The lowest BCUT2D eigenvalue weighted by Gasteiger charge is -2.01. The Morgan fingerprint density at radius 1 is 1.10 bits per heavy atom. The minimum absolute atomic E-state index is 0.0340. The van der Waals surface area contributed by atoms with Gasteiger partial charge < -0.3 is 9.15 Å². The molecule has 0 atom stereocenters. The maximum absolute atomic E-state index is 12.2. The number of Topliss-reactive ketones (excluding diaryl/α,β-unsaturated/α-hetero) is 1. The molecule has 0 spiro atoms. The van der Waals surface area contributed by atoms with Crippen LogP contribution in [0.2, 0.25) is 0 Å². The van der Waals surface area contributed by atoms with E-state index in [1.54, 1.807) is 31.4 Å².